The van der Waals surface area contributed by atoms with Gasteiger partial charge in [0.25, 0.3) is 0 Å². The topological polar surface area (TPSA) is 49.8 Å². The first-order valence-electron chi connectivity index (χ1n) is 8.75. The first-order valence-corrected chi connectivity index (χ1v) is 8.75. The van der Waals surface area contributed by atoms with Gasteiger partial charge in [0.15, 0.2) is 0 Å². The zero-order chi connectivity index (χ0) is 18.7. The van der Waals surface area contributed by atoms with Crippen LogP contribution in [0.15, 0.2) is 49.1 Å². The van der Waals surface area contributed by atoms with Gasteiger partial charge in [-0.05, 0) is 69.0 Å². The first kappa shape index (κ1) is 21.1. The fourth-order valence-electron chi connectivity index (χ4n) is 2.96. The van der Waals surface area contributed by atoms with Crippen molar-refractivity contribution in [2.24, 2.45) is 0 Å². The van der Waals surface area contributed by atoms with Crippen molar-refractivity contribution in [1.29, 1.82) is 0 Å². The van der Waals surface area contributed by atoms with Crippen molar-refractivity contribution in [2.75, 3.05) is 27.2 Å². The molecule has 0 radical (unpaired) electrons. The Labute approximate surface area is 151 Å². The molecule has 1 aliphatic carbocycles. The Bertz CT molecular complexity index is 529. The molecule has 1 saturated carbocycles. The van der Waals surface area contributed by atoms with Crippen molar-refractivity contribution in [1.82, 2.24) is 4.90 Å². The van der Waals surface area contributed by atoms with Gasteiger partial charge in [-0.3, -0.25) is 4.79 Å². The van der Waals surface area contributed by atoms with Gasteiger partial charge in [0, 0.05) is 6.54 Å². The third-order valence-corrected chi connectivity index (χ3v) is 4.17. The van der Waals surface area contributed by atoms with E-state index in [1.54, 1.807) is 12.1 Å². The van der Waals surface area contributed by atoms with E-state index >= 15 is 0 Å². The van der Waals surface area contributed by atoms with Crippen LogP contribution in [-0.2, 0) is 9.53 Å². The van der Waals surface area contributed by atoms with Crippen LogP contribution >= 0.6 is 0 Å². The Balaban J connectivity index is 0.000000333. The summed E-state index contributed by atoms with van der Waals surface area (Å²) >= 11 is 0. The van der Waals surface area contributed by atoms with Crippen molar-refractivity contribution >= 4 is 6.29 Å². The summed E-state index contributed by atoms with van der Waals surface area (Å²) < 4.78 is 5.68. The molecule has 4 nitrogen and oxygen atoms in total. The summed E-state index contributed by atoms with van der Waals surface area (Å²) in [5.74, 6) is 0.968. The lowest BCUT2D eigenvalue weighted by atomic mass is 9.83. The highest BCUT2D eigenvalue weighted by molar-refractivity contribution is 5.72. The smallest absolute Gasteiger partial charge is 0.146 e. The molecule has 0 aliphatic heterocycles. The predicted molar refractivity (Wildman–Crippen MR) is 103 cm³/mol. The second kappa shape index (κ2) is 11.6. The lowest BCUT2D eigenvalue weighted by molar-refractivity contribution is -0.105. The van der Waals surface area contributed by atoms with E-state index in [1.807, 2.05) is 37.2 Å². The Kier molecular flexibility index (Phi) is 9.81. The highest BCUT2D eigenvalue weighted by atomic mass is 16.5. The zero-order valence-electron chi connectivity index (χ0n) is 15.5. The monoisotopic (exact) mass is 345 g/mol. The van der Waals surface area contributed by atoms with Crippen molar-refractivity contribution in [3.8, 4) is 5.75 Å². The van der Waals surface area contributed by atoms with Gasteiger partial charge in [-0.15, -0.1) is 6.58 Å². The number of carbonyl (C=O) groups excluding carboxylic acids is 1. The third kappa shape index (κ3) is 8.66. The van der Waals surface area contributed by atoms with Gasteiger partial charge in [-0.2, -0.15) is 0 Å². The molecule has 0 amide bonds. The summed E-state index contributed by atoms with van der Waals surface area (Å²) in [6.07, 6.45) is 7.59. The van der Waals surface area contributed by atoms with E-state index in [0.29, 0.717) is 36.5 Å². The fraction of sp³-hybridized carbons (Fsp3) is 0.476. The summed E-state index contributed by atoms with van der Waals surface area (Å²) in [7, 11) is 3.80. The number of aldehydes is 1. The molecule has 0 heterocycles. The number of phenolic OH excluding ortho intramolecular Hbond substituents is 1. The molecule has 138 valence electrons. The van der Waals surface area contributed by atoms with Crippen LogP contribution in [0.1, 0.15) is 37.2 Å². The number of aromatic hydroxyl groups is 1. The Morgan fingerprint density at radius 1 is 1.24 bits per heavy atom. The van der Waals surface area contributed by atoms with Crippen molar-refractivity contribution in [2.45, 2.75) is 37.7 Å². The van der Waals surface area contributed by atoms with Crippen LogP contribution < -0.4 is 0 Å². The van der Waals surface area contributed by atoms with Crippen LogP contribution in [0.2, 0.25) is 0 Å². The van der Waals surface area contributed by atoms with Gasteiger partial charge in [-0.25, -0.2) is 0 Å². The molecule has 1 N–H and O–H groups in total. The van der Waals surface area contributed by atoms with Gasteiger partial charge < -0.3 is 14.7 Å². The number of benzene rings is 1. The van der Waals surface area contributed by atoms with Crippen LogP contribution in [0.25, 0.3) is 0 Å². The normalized spacial score (nSPS) is 19.6. The molecule has 0 unspecified atom stereocenters. The Morgan fingerprint density at radius 2 is 1.84 bits per heavy atom. The van der Waals surface area contributed by atoms with Gasteiger partial charge in [0.05, 0.1) is 12.7 Å². The second-order valence-corrected chi connectivity index (χ2v) is 6.70. The van der Waals surface area contributed by atoms with E-state index in [9.17, 15) is 9.90 Å². The van der Waals surface area contributed by atoms with Crippen LogP contribution in [0.3, 0.4) is 0 Å². The van der Waals surface area contributed by atoms with Crippen molar-refractivity contribution < 1.29 is 14.6 Å². The number of hydrogen-bond acceptors (Lipinski definition) is 4. The lowest BCUT2D eigenvalue weighted by Crippen LogP contribution is -2.20. The molecular formula is C21H31NO3. The average Bonchev–Trinajstić information content (AvgIpc) is 2.61. The molecule has 1 aromatic carbocycles. The van der Waals surface area contributed by atoms with E-state index < -0.39 is 0 Å². The molecule has 0 spiro atoms. The number of rotatable bonds is 7. The highest BCUT2D eigenvalue weighted by Crippen LogP contribution is 2.34. The summed E-state index contributed by atoms with van der Waals surface area (Å²) in [5.41, 5.74) is 1.96. The molecule has 0 atom stereocenters. The summed E-state index contributed by atoms with van der Waals surface area (Å²) in [5, 5.41) is 9.26. The molecule has 0 bridgehead atoms. The summed E-state index contributed by atoms with van der Waals surface area (Å²) in [6.45, 7) is 8.49. The van der Waals surface area contributed by atoms with Crippen LogP contribution in [0.5, 0.6) is 5.75 Å². The zero-order valence-corrected chi connectivity index (χ0v) is 15.5. The number of nitrogens with zero attached hydrogens (tertiary/aromatic N) is 1. The van der Waals surface area contributed by atoms with Gasteiger partial charge in [0.2, 0.25) is 0 Å². The Hall–Kier alpha value is -1.91. The maximum atomic E-state index is 9.91. The van der Waals surface area contributed by atoms with E-state index in [0.717, 1.165) is 19.1 Å². The molecule has 2 rings (SSSR count). The SMILES string of the molecule is C=C(C=O)CN(C)C.C=CCOC1CCC(c2ccc(O)cc2)CC1. The van der Waals surface area contributed by atoms with E-state index in [-0.39, 0.29) is 0 Å². The van der Waals surface area contributed by atoms with E-state index in [1.165, 1.54) is 18.4 Å². The maximum absolute atomic E-state index is 9.91. The van der Waals surface area contributed by atoms with Crippen LogP contribution in [0, 0.1) is 0 Å². The van der Waals surface area contributed by atoms with E-state index in [2.05, 4.69) is 13.2 Å². The minimum Gasteiger partial charge on any atom is -0.508 e. The first-order chi connectivity index (χ1) is 12.0. The van der Waals surface area contributed by atoms with Crippen molar-refractivity contribution in [3.63, 3.8) is 0 Å². The number of carbonyl (C=O) groups is 1. The molecule has 0 aromatic heterocycles. The van der Waals surface area contributed by atoms with Gasteiger partial charge in [0.1, 0.15) is 12.0 Å². The average molecular weight is 345 g/mol. The lowest BCUT2D eigenvalue weighted by Gasteiger charge is -2.28. The van der Waals surface area contributed by atoms with Gasteiger partial charge >= 0.3 is 0 Å². The molecular weight excluding hydrogens is 314 g/mol. The molecule has 0 saturated heterocycles. The minimum absolute atomic E-state index is 0.344. The molecule has 25 heavy (non-hydrogen) atoms. The summed E-state index contributed by atoms with van der Waals surface area (Å²) in [4.78, 5) is 11.8. The standard InChI is InChI=1S/C15H20O2.C6H11NO/c1-2-11-17-15-9-5-13(6-10-15)12-3-7-14(16)8-4-12;1-6(5-8)4-7(2)3/h2-4,7-8,13,15-16H,1,5-6,9-11H2;5H,1,4H2,2-3H3. The van der Waals surface area contributed by atoms with Crippen molar-refractivity contribution in [3.05, 3.63) is 54.6 Å². The van der Waals surface area contributed by atoms with E-state index in [4.69, 9.17) is 4.74 Å². The number of likely N-dealkylation sites (N-methyl/N-ethyl adjacent to an activating group) is 1. The Morgan fingerprint density at radius 3 is 2.28 bits per heavy atom. The van der Waals surface area contributed by atoms with Crippen LogP contribution in [0.4, 0.5) is 0 Å². The quantitative estimate of drug-likeness (QED) is 0.462. The van der Waals surface area contributed by atoms with Gasteiger partial charge in [-0.1, -0.05) is 24.8 Å². The molecule has 1 fully saturated rings. The third-order valence-electron chi connectivity index (χ3n) is 4.17. The fourth-order valence-corrected chi connectivity index (χ4v) is 2.96. The number of hydrogen-bond donors (Lipinski definition) is 1. The largest absolute Gasteiger partial charge is 0.508 e. The summed E-state index contributed by atoms with van der Waals surface area (Å²) in [6, 6.07) is 7.61. The molecule has 1 aliphatic rings. The highest BCUT2D eigenvalue weighted by Gasteiger charge is 2.22. The maximum Gasteiger partial charge on any atom is 0.146 e. The second-order valence-electron chi connectivity index (χ2n) is 6.70. The van der Waals surface area contributed by atoms with Crippen LogP contribution in [-0.4, -0.2) is 49.6 Å². The minimum atomic E-state index is 0.344. The predicted octanol–water partition coefficient (Wildman–Crippen LogP) is 3.92. The molecule has 4 heteroatoms. The number of phenols is 1. The molecule has 1 aromatic rings. The number of ether oxygens (including phenoxy) is 1.